The first-order valence-corrected chi connectivity index (χ1v) is 6.20. The SMILES string of the molecule is CCN1CCOC(C(O)Cc2ccncc2)C1. The molecule has 0 aromatic carbocycles. The second kappa shape index (κ2) is 6.10. The summed E-state index contributed by atoms with van der Waals surface area (Å²) in [4.78, 5) is 6.28. The number of morpholine rings is 1. The molecule has 1 aromatic rings. The molecule has 1 saturated heterocycles. The zero-order chi connectivity index (χ0) is 12.1. The van der Waals surface area contributed by atoms with Crippen LogP contribution in [0.4, 0.5) is 0 Å². The second-order valence-electron chi connectivity index (χ2n) is 4.43. The van der Waals surface area contributed by atoms with E-state index in [9.17, 15) is 5.11 Å². The molecule has 17 heavy (non-hydrogen) atoms. The molecule has 2 rings (SSSR count). The maximum Gasteiger partial charge on any atom is 0.0964 e. The Morgan fingerprint density at radius 2 is 2.29 bits per heavy atom. The summed E-state index contributed by atoms with van der Waals surface area (Å²) in [5.41, 5.74) is 1.10. The van der Waals surface area contributed by atoms with Crippen molar-refractivity contribution in [1.29, 1.82) is 0 Å². The average Bonchev–Trinajstić information content (AvgIpc) is 2.40. The summed E-state index contributed by atoms with van der Waals surface area (Å²) in [6.45, 7) is 5.66. The van der Waals surface area contributed by atoms with Crippen molar-refractivity contribution in [2.24, 2.45) is 0 Å². The Bertz CT molecular complexity index is 331. The van der Waals surface area contributed by atoms with Crippen LogP contribution in [0.3, 0.4) is 0 Å². The van der Waals surface area contributed by atoms with E-state index in [1.807, 2.05) is 12.1 Å². The molecule has 2 heterocycles. The lowest BCUT2D eigenvalue weighted by molar-refractivity contribution is -0.0867. The van der Waals surface area contributed by atoms with Gasteiger partial charge in [-0.15, -0.1) is 0 Å². The van der Waals surface area contributed by atoms with Gasteiger partial charge in [0, 0.05) is 31.9 Å². The monoisotopic (exact) mass is 236 g/mol. The fraction of sp³-hybridized carbons (Fsp3) is 0.615. The number of likely N-dealkylation sites (N-methyl/N-ethyl adjacent to an activating group) is 1. The highest BCUT2D eigenvalue weighted by Gasteiger charge is 2.26. The minimum Gasteiger partial charge on any atom is -0.390 e. The van der Waals surface area contributed by atoms with Crippen molar-refractivity contribution in [2.75, 3.05) is 26.2 Å². The molecule has 2 unspecified atom stereocenters. The van der Waals surface area contributed by atoms with Gasteiger partial charge in [-0.25, -0.2) is 0 Å². The maximum atomic E-state index is 10.2. The van der Waals surface area contributed by atoms with E-state index in [1.54, 1.807) is 12.4 Å². The third-order valence-electron chi connectivity index (χ3n) is 3.25. The van der Waals surface area contributed by atoms with Crippen molar-refractivity contribution >= 4 is 0 Å². The predicted molar refractivity (Wildman–Crippen MR) is 65.8 cm³/mol. The number of rotatable bonds is 4. The lowest BCUT2D eigenvalue weighted by Crippen LogP contribution is -2.48. The van der Waals surface area contributed by atoms with Crippen molar-refractivity contribution in [3.8, 4) is 0 Å². The van der Waals surface area contributed by atoms with Gasteiger partial charge < -0.3 is 9.84 Å². The summed E-state index contributed by atoms with van der Waals surface area (Å²) in [6, 6.07) is 3.87. The van der Waals surface area contributed by atoms with Crippen molar-refractivity contribution in [3.05, 3.63) is 30.1 Å². The van der Waals surface area contributed by atoms with E-state index >= 15 is 0 Å². The molecule has 2 atom stereocenters. The Hall–Kier alpha value is -0.970. The van der Waals surface area contributed by atoms with Gasteiger partial charge in [0.15, 0.2) is 0 Å². The third kappa shape index (κ3) is 3.49. The van der Waals surface area contributed by atoms with Gasteiger partial charge in [0.25, 0.3) is 0 Å². The first-order valence-electron chi connectivity index (χ1n) is 6.20. The lowest BCUT2D eigenvalue weighted by Gasteiger charge is -2.34. The van der Waals surface area contributed by atoms with Crippen molar-refractivity contribution in [1.82, 2.24) is 9.88 Å². The maximum absolute atomic E-state index is 10.2. The highest BCUT2D eigenvalue weighted by atomic mass is 16.5. The van der Waals surface area contributed by atoms with Crippen LogP contribution < -0.4 is 0 Å². The van der Waals surface area contributed by atoms with Gasteiger partial charge in [0.2, 0.25) is 0 Å². The van der Waals surface area contributed by atoms with Crippen LogP contribution in [0.1, 0.15) is 12.5 Å². The average molecular weight is 236 g/mol. The van der Waals surface area contributed by atoms with E-state index in [2.05, 4.69) is 16.8 Å². The molecule has 0 saturated carbocycles. The molecule has 1 aromatic heterocycles. The Labute approximate surface area is 102 Å². The van der Waals surface area contributed by atoms with Gasteiger partial charge in [-0.2, -0.15) is 0 Å². The van der Waals surface area contributed by atoms with Gasteiger partial charge in [0.1, 0.15) is 0 Å². The normalized spacial score (nSPS) is 23.5. The topological polar surface area (TPSA) is 45.6 Å². The molecule has 1 fully saturated rings. The summed E-state index contributed by atoms with van der Waals surface area (Å²) in [5, 5.41) is 10.2. The molecule has 0 spiro atoms. The Morgan fingerprint density at radius 1 is 1.53 bits per heavy atom. The second-order valence-corrected chi connectivity index (χ2v) is 4.43. The molecule has 1 N–H and O–H groups in total. The molecule has 94 valence electrons. The van der Waals surface area contributed by atoms with Crippen molar-refractivity contribution in [3.63, 3.8) is 0 Å². The standard InChI is InChI=1S/C13H20N2O2/c1-2-15-7-8-17-13(10-15)12(16)9-11-3-5-14-6-4-11/h3-6,12-13,16H,2,7-10H2,1H3. The predicted octanol–water partition coefficient (Wildman–Crippen LogP) is 0.706. The number of nitrogens with zero attached hydrogens (tertiary/aromatic N) is 2. The molecule has 1 aliphatic heterocycles. The highest BCUT2D eigenvalue weighted by molar-refractivity contribution is 5.11. The summed E-state index contributed by atoms with van der Waals surface area (Å²) >= 11 is 0. The largest absolute Gasteiger partial charge is 0.390 e. The van der Waals surface area contributed by atoms with Crippen LogP contribution in [-0.2, 0) is 11.2 Å². The van der Waals surface area contributed by atoms with Gasteiger partial charge in [-0.3, -0.25) is 9.88 Å². The molecule has 0 aliphatic carbocycles. The number of ether oxygens (including phenoxy) is 1. The summed E-state index contributed by atoms with van der Waals surface area (Å²) in [5.74, 6) is 0. The molecule has 4 heteroatoms. The van der Waals surface area contributed by atoms with Crippen molar-refractivity contribution < 1.29 is 9.84 Å². The molecular weight excluding hydrogens is 216 g/mol. The Morgan fingerprint density at radius 3 is 3.00 bits per heavy atom. The third-order valence-corrected chi connectivity index (χ3v) is 3.25. The number of pyridine rings is 1. The quantitative estimate of drug-likeness (QED) is 0.836. The molecule has 0 bridgehead atoms. The van der Waals surface area contributed by atoms with Crippen molar-refractivity contribution in [2.45, 2.75) is 25.6 Å². The highest BCUT2D eigenvalue weighted by Crippen LogP contribution is 2.12. The minimum absolute atomic E-state index is 0.0723. The first kappa shape index (κ1) is 12.5. The summed E-state index contributed by atoms with van der Waals surface area (Å²) < 4.78 is 5.64. The van der Waals surface area contributed by atoms with Gasteiger partial charge in [-0.05, 0) is 24.2 Å². The number of aliphatic hydroxyl groups excluding tert-OH is 1. The van der Waals surface area contributed by atoms with Gasteiger partial charge in [0.05, 0.1) is 18.8 Å². The van der Waals surface area contributed by atoms with Crippen LogP contribution in [0.15, 0.2) is 24.5 Å². The molecule has 1 aliphatic rings. The fourth-order valence-corrected chi connectivity index (χ4v) is 2.14. The van der Waals surface area contributed by atoms with Crippen LogP contribution in [0.5, 0.6) is 0 Å². The van der Waals surface area contributed by atoms with E-state index in [0.717, 1.165) is 25.2 Å². The lowest BCUT2D eigenvalue weighted by atomic mass is 10.0. The van der Waals surface area contributed by atoms with E-state index in [1.165, 1.54) is 0 Å². The fourth-order valence-electron chi connectivity index (χ4n) is 2.14. The van der Waals surface area contributed by atoms with E-state index in [-0.39, 0.29) is 6.10 Å². The number of hydrogen-bond donors (Lipinski definition) is 1. The van der Waals surface area contributed by atoms with E-state index in [4.69, 9.17) is 4.74 Å². The Balaban J connectivity index is 1.89. The molecular formula is C13H20N2O2. The Kier molecular flexibility index (Phi) is 4.48. The summed E-state index contributed by atoms with van der Waals surface area (Å²) in [6.07, 6.45) is 3.62. The van der Waals surface area contributed by atoms with Crippen LogP contribution in [0.25, 0.3) is 0 Å². The molecule has 0 amide bonds. The van der Waals surface area contributed by atoms with Gasteiger partial charge >= 0.3 is 0 Å². The zero-order valence-electron chi connectivity index (χ0n) is 10.2. The smallest absolute Gasteiger partial charge is 0.0964 e. The van der Waals surface area contributed by atoms with Crippen LogP contribution in [0, 0.1) is 0 Å². The first-order chi connectivity index (χ1) is 8.29. The van der Waals surface area contributed by atoms with Gasteiger partial charge in [-0.1, -0.05) is 6.92 Å². The van der Waals surface area contributed by atoms with E-state index < -0.39 is 6.10 Å². The molecule has 4 nitrogen and oxygen atoms in total. The molecule has 0 radical (unpaired) electrons. The minimum atomic E-state index is -0.438. The summed E-state index contributed by atoms with van der Waals surface area (Å²) in [7, 11) is 0. The van der Waals surface area contributed by atoms with E-state index in [0.29, 0.717) is 13.0 Å². The zero-order valence-corrected chi connectivity index (χ0v) is 10.2. The number of hydrogen-bond acceptors (Lipinski definition) is 4. The number of aliphatic hydroxyl groups is 1. The number of aromatic nitrogens is 1. The van der Waals surface area contributed by atoms with Crippen LogP contribution in [-0.4, -0.2) is 53.4 Å². The van der Waals surface area contributed by atoms with Crippen LogP contribution in [0.2, 0.25) is 0 Å². The van der Waals surface area contributed by atoms with Crippen LogP contribution >= 0.6 is 0 Å².